The van der Waals surface area contributed by atoms with Crippen LogP contribution in [0.3, 0.4) is 0 Å². The molecule has 3 aromatic rings. The van der Waals surface area contributed by atoms with Gasteiger partial charge in [0, 0.05) is 15.5 Å². The summed E-state index contributed by atoms with van der Waals surface area (Å²) in [5.41, 5.74) is 0.589. The van der Waals surface area contributed by atoms with Crippen molar-refractivity contribution in [1.29, 1.82) is 0 Å². The van der Waals surface area contributed by atoms with Gasteiger partial charge in [-0.15, -0.1) is 11.3 Å². The number of benzene rings is 2. The maximum absolute atomic E-state index is 14.0. The standard InChI is InChI=1S/C21H16ClF2NO3S/c1-3-28-21(27)18-16(12-6-4-7-13(22)10-12)11(2)29-20(18)25-19(26)17-14(23)8-5-9-15(17)24/h4-10H,3H2,1-2H3,(H,25,26). The fourth-order valence-electron chi connectivity index (χ4n) is 2.90. The van der Waals surface area contributed by atoms with Gasteiger partial charge < -0.3 is 10.1 Å². The van der Waals surface area contributed by atoms with E-state index < -0.39 is 29.1 Å². The molecule has 3 rings (SSSR count). The van der Waals surface area contributed by atoms with Crippen LogP contribution in [0.1, 0.15) is 32.5 Å². The van der Waals surface area contributed by atoms with Crippen molar-refractivity contribution < 1.29 is 23.1 Å². The molecule has 1 heterocycles. The Labute approximate surface area is 175 Å². The number of hydrogen-bond acceptors (Lipinski definition) is 4. The van der Waals surface area contributed by atoms with Crippen LogP contribution in [0.5, 0.6) is 0 Å². The van der Waals surface area contributed by atoms with Crippen LogP contribution < -0.4 is 5.32 Å². The summed E-state index contributed by atoms with van der Waals surface area (Å²) < 4.78 is 33.1. The van der Waals surface area contributed by atoms with E-state index in [1.807, 2.05) is 0 Å². The molecular weight excluding hydrogens is 420 g/mol. The minimum absolute atomic E-state index is 0.113. The lowest BCUT2D eigenvalue weighted by Gasteiger charge is -2.10. The molecule has 1 aromatic heterocycles. The van der Waals surface area contributed by atoms with Gasteiger partial charge in [0.25, 0.3) is 5.91 Å². The van der Waals surface area contributed by atoms with Gasteiger partial charge >= 0.3 is 5.97 Å². The summed E-state index contributed by atoms with van der Waals surface area (Å²) in [7, 11) is 0. The molecule has 1 amide bonds. The summed E-state index contributed by atoms with van der Waals surface area (Å²) in [6.07, 6.45) is 0. The minimum atomic E-state index is -0.997. The topological polar surface area (TPSA) is 55.4 Å². The van der Waals surface area contributed by atoms with Crippen molar-refractivity contribution >= 4 is 39.8 Å². The Kier molecular flexibility index (Phi) is 6.30. The molecule has 1 N–H and O–H groups in total. The number of rotatable bonds is 5. The van der Waals surface area contributed by atoms with Crippen molar-refractivity contribution in [2.24, 2.45) is 0 Å². The first kappa shape index (κ1) is 21.0. The van der Waals surface area contributed by atoms with Gasteiger partial charge in [0.15, 0.2) is 0 Å². The molecule has 29 heavy (non-hydrogen) atoms. The van der Waals surface area contributed by atoms with E-state index in [0.717, 1.165) is 29.5 Å². The van der Waals surface area contributed by atoms with E-state index in [2.05, 4.69) is 5.32 Å². The SMILES string of the molecule is CCOC(=O)c1c(NC(=O)c2c(F)cccc2F)sc(C)c1-c1cccc(Cl)c1. The van der Waals surface area contributed by atoms with Crippen molar-refractivity contribution in [3.05, 3.63) is 75.1 Å². The number of anilines is 1. The number of carbonyl (C=O) groups excluding carboxylic acids is 2. The van der Waals surface area contributed by atoms with E-state index in [0.29, 0.717) is 21.0 Å². The van der Waals surface area contributed by atoms with Gasteiger partial charge in [-0.2, -0.15) is 0 Å². The van der Waals surface area contributed by atoms with E-state index in [1.165, 1.54) is 0 Å². The predicted octanol–water partition coefficient (Wildman–Crippen LogP) is 6.08. The summed E-state index contributed by atoms with van der Waals surface area (Å²) in [5.74, 6) is -3.65. The van der Waals surface area contributed by atoms with Gasteiger partial charge in [-0.05, 0) is 43.7 Å². The lowest BCUT2D eigenvalue weighted by Crippen LogP contribution is -2.17. The van der Waals surface area contributed by atoms with E-state index in [1.54, 1.807) is 38.1 Å². The highest BCUT2D eigenvalue weighted by Gasteiger charge is 2.27. The summed E-state index contributed by atoms with van der Waals surface area (Å²) >= 11 is 7.19. The van der Waals surface area contributed by atoms with Gasteiger partial charge in [-0.25, -0.2) is 13.6 Å². The Morgan fingerprint density at radius 1 is 1.10 bits per heavy atom. The van der Waals surface area contributed by atoms with Crippen LogP contribution in [0.25, 0.3) is 11.1 Å². The molecule has 150 valence electrons. The second kappa shape index (κ2) is 8.71. The maximum Gasteiger partial charge on any atom is 0.341 e. The van der Waals surface area contributed by atoms with Crippen LogP contribution in [-0.2, 0) is 4.74 Å². The Morgan fingerprint density at radius 2 is 1.76 bits per heavy atom. The third kappa shape index (κ3) is 4.31. The normalized spacial score (nSPS) is 10.7. The van der Waals surface area contributed by atoms with Crippen LogP contribution >= 0.6 is 22.9 Å². The molecule has 0 atom stereocenters. The van der Waals surface area contributed by atoms with Crippen LogP contribution in [0, 0.1) is 18.6 Å². The molecule has 0 bridgehead atoms. The monoisotopic (exact) mass is 435 g/mol. The van der Waals surface area contributed by atoms with Gasteiger partial charge in [-0.3, -0.25) is 4.79 Å². The molecule has 4 nitrogen and oxygen atoms in total. The first-order chi connectivity index (χ1) is 13.8. The highest BCUT2D eigenvalue weighted by molar-refractivity contribution is 7.17. The van der Waals surface area contributed by atoms with E-state index in [4.69, 9.17) is 16.3 Å². The Hall–Kier alpha value is -2.77. The van der Waals surface area contributed by atoms with Gasteiger partial charge in [0.1, 0.15) is 27.8 Å². The number of aryl methyl sites for hydroxylation is 1. The molecular formula is C21H16ClF2NO3S. The molecule has 0 saturated carbocycles. The minimum Gasteiger partial charge on any atom is -0.462 e. The fourth-order valence-corrected chi connectivity index (χ4v) is 4.15. The van der Waals surface area contributed by atoms with Crippen LogP contribution in [0.15, 0.2) is 42.5 Å². The Morgan fingerprint density at radius 3 is 2.38 bits per heavy atom. The first-order valence-electron chi connectivity index (χ1n) is 8.65. The quantitative estimate of drug-likeness (QED) is 0.494. The van der Waals surface area contributed by atoms with Crippen molar-refractivity contribution in [2.45, 2.75) is 13.8 Å². The number of nitrogens with one attached hydrogen (secondary N) is 1. The smallest absolute Gasteiger partial charge is 0.341 e. The number of amides is 1. The second-order valence-electron chi connectivity index (χ2n) is 6.02. The van der Waals surface area contributed by atoms with Crippen molar-refractivity contribution in [1.82, 2.24) is 0 Å². The largest absolute Gasteiger partial charge is 0.462 e. The van der Waals surface area contributed by atoms with E-state index in [-0.39, 0.29) is 17.2 Å². The molecule has 0 aliphatic heterocycles. The number of hydrogen-bond donors (Lipinski definition) is 1. The maximum atomic E-state index is 14.0. The van der Waals surface area contributed by atoms with E-state index >= 15 is 0 Å². The molecule has 0 saturated heterocycles. The second-order valence-corrected chi connectivity index (χ2v) is 7.68. The molecule has 0 fully saturated rings. The number of esters is 1. The zero-order valence-electron chi connectivity index (χ0n) is 15.5. The molecule has 8 heteroatoms. The molecule has 2 aromatic carbocycles. The van der Waals surface area contributed by atoms with Crippen molar-refractivity contribution in [2.75, 3.05) is 11.9 Å². The number of ether oxygens (including phenoxy) is 1. The Balaban J connectivity index is 2.11. The summed E-state index contributed by atoms with van der Waals surface area (Å²) in [6.45, 7) is 3.55. The van der Waals surface area contributed by atoms with Crippen LogP contribution in [0.2, 0.25) is 5.02 Å². The van der Waals surface area contributed by atoms with Crippen LogP contribution in [0.4, 0.5) is 13.8 Å². The summed E-state index contributed by atoms with van der Waals surface area (Å²) in [6, 6.07) is 10.0. The first-order valence-corrected chi connectivity index (χ1v) is 9.84. The highest BCUT2D eigenvalue weighted by Crippen LogP contribution is 2.41. The predicted molar refractivity (Wildman–Crippen MR) is 110 cm³/mol. The third-order valence-corrected chi connectivity index (χ3v) is 5.35. The molecule has 0 aliphatic carbocycles. The fraction of sp³-hybridized carbons (Fsp3) is 0.143. The lowest BCUT2D eigenvalue weighted by molar-refractivity contribution is 0.0529. The summed E-state index contributed by atoms with van der Waals surface area (Å²) in [4.78, 5) is 25.9. The summed E-state index contributed by atoms with van der Waals surface area (Å²) in [5, 5.41) is 3.08. The molecule has 0 radical (unpaired) electrons. The van der Waals surface area contributed by atoms with Gasteiger partial charge in [-0.1, -0.05) is 29.8 Å². The van der Waals surface area contributed by atoms with Crippen molar-refractivity contribution in [3.63, 3.8) is 0 Å². The Bertz CT molecular complexity index is 1080. The third-order valence-electron chi connectivity index (χ3n) is 4.09. The number of thiophene rings is 1. The average molecular weight is 436 g/mol. The van der Waals surface area contributed by atoms with Gasteiger partial charge in [0.05, 0.1) is 6.61 Å². The zero-order chi connectivity index (χ0) is 21.1. The van der Waals surface area contributed by atoms with Crippen LogP contribution in [-0.4, -0.2) is 18.5 Å². The molecule has 0 spiro atoms. The van der Waals surface area contributed by atoms with Gasteiger partial charge in [0.2, 0.25) is 0 Å². The zero-order valence-corrected chi connectivity index (χ0v) is 17.1. The number of carbonyl (C=O) groups is 2. The van der Waals surface area contributed by atoms with E-state index in [9.17, 15) is 18.4 Å². The number of halogens is 3. The molecule has 0 aliphatic rings. The lowest BCUT2D eigenvalue weighted by atomic mass is 10.0. The highest BCUT2D eigenvalue weighted by atomic mass is 35.5. The average Bonchev–Trinajstić information content (AvgIpc) is 2.97. The van der Waals surface area contributed by atoms with Crippen molar-refractivity contribution in [3.8, 4) is 11.1 Å². The molecule has 0 unspecified atom stereocenters.